The Balaban J connectivity index is 1.68. The third-order valence-corrected chi connectivity index (χ3v) is 8.96. The Morgan fingerprint density at radius 1 is 1.00 bits per heavy atom. The summed E-state index contributed by atoms with van der Waals surface area (Å²) in [5.74, 6) is -1.72. The largest absolute Gasteiger partial charge is 0.507 e. The van der Waals surface area contributed by atoms with Crippen LogP contribution in [-0.4, -0.2) is 92.8 Å². The fraction of sp³-hybridized carbons (Fsp3) is 0.429. The van der Waals surface area contributed by atoms with E-state index in [2.05, 4.69) is 4.90 Å². The van der Waals surface area contributed by atoms with Crippen LogP contribution in [0, 0.1) is 0 Å². The molecule has 0 saturated carbocycles. The van der Waals surface area contributed by atoms with Gasteiger partial charge in [-0.2, -0.15) is 0 Å². The zero-order valence-electron chi connectivity index (χ0n) is 22.1. The molecule has 4 rings (SSSR count). The van der Waals surface area contributed by atoms with Crippen molar-refractivity contribution < 1.29 is 27.9 Å². The second-order valence-corrected chi connectivity index (χ2v) is 11.9. The van der Waals surface area contributed by atoms with Crippen LogP contribution in [0.15, 0.2) is 59.0 Å². The molecule has 2 aliphatic heterocycles. The lowest BCUT2D eigenvalue weighted by molar-refractivity contribution is -0.140. The maximum Gasteiger partial charge on any atom is 0.295 e. The van der Waals surface area contributed by atoms with Crippen LogP contribution in [-0.2, 0) is 30.8 Å². The van der Waals surface area contributed by atoms with Gasteiger partial charge in [0.05, 0.1) is 29.7 Å². The molecule has 0 aliphatic carbocycles. The van der Waals surface area contributed by atoms with Gasteiger partial charge in [0.25, 0.3) is 11.7 Å². The predicted octanol–water partition coefficient (Wildman–Crippen LogP) is 2.64. The van der Waals surface area contributed by atoms with E-state index in [0.29, 0.717) is 26.2 Å². The average molecular weight is 542 g/mol. The minimum atomic E-state index is -3.65. The molecule has 0 aromatic heterocycles. The number of hydrogen-bond donors (Lipinski definition) is 1. The lowest BCUT2D eigenvalue weighted by atomic mass is 9.94. The molecule has 204 valence electrons. The van der Waals surface area contributed by atoms with Gasteiger partial charge in [0.1, 0.15) is 5.76 Å². The first-order valence-corrected chi connectivity index (χ1v) is 14.3. The highest BCUT2D eigenvalue weighted by atomic mass is 32.2. The molecule has 9 nitrogen and oxygen atoms in total. The van der Waals surface area contributed by atoms with Crippen molar-refractivity contribution in [2.75, 3.05) is 53.5 Å². The molecule has 1 atom stereocenters. The quantitative estimate of drug-likeness (QED) is 0.295. The third-order valence-electron chi connectivity index (χ3n) is 7.13. The highest BCUT2D eigenvalue weighted by Crippen LogP contribution is 2.39. The Morgan fingerprint density at radius 3 is 2.21 bits per heavy atom. The highest BCUT2D eigenvalue weighted by molar-refractivity contribution is 7.89. The molecule has 10 heteroatoms. The first-order chi connectivity index (χ1) is 18.1. The van der Waals surface area contributed by atoms with Gasteiger partial charge in [-0.05, 0) is 48.2 Å². The number of morpholine rings is 1. The standard InChI is InChI=1S/C28H35N3O6S/c1-4-20-6-8-21(9-7-20)25-24(26(32)22-10-12-23(13-11-22)38(35,36)29(2)3)27(33)28(34)31(25)15-5-14-30-16-18-37-19-17-30/h6-13,25,32H,4-5,14-19H2,1-3H3/b26-24+. The van der Waals surface area contributed by atoms with Gasteiger partial charge < -0.3 is 14.7 Å². The fourth-order valence-corrected chi connectivity index (χ4v) is 5.74. The molecule has 2 fully saturated rings. The molecule has 0 radical (unpaired) electrons. The number of nitrogens with zero attached hydrogens (tertiary/aromatic N) is 3. The molecule has 1 N–H and O–H groups in total. The SMILES string of the molecule is CCc1ccc(C2/C(=C(\O)c3ccc(S(=O)(=O)N(C)C)cc3)C(=O)C(=O)N2CCCN2CCOCC2)cc1. The molecule has 2 aromatic carbocycles. The number of carbonyl (C=O) groups excluding carboxylic acids is 2. The molecular weight excluding hydrogens is 506 g/mol. The van der Waals surface area contributed by atoms with Gasteiger partial charge in [0.2, 0.25) is 10.0 Å². The number of ketones is 1. The van der Waals surface area contributed by atoms with Crippen LogP contribution in [0.25, 0.3) is 5.76 Å². The van der Waals surface area contributed by atoms with Crippen LogP contribution in [0.3, 0.4) is 0 Å². The Bertz CT molecular complexity index is 1300. The molecule has 1 amide bonds. The van der Waals surface area contributed by atoms with Gasteiger partial charge in [-0.15, -0.1) is 0 Å². The summed E-state index contributed by atoms with van der Waals surface area (Å²) in [4.78, 5) is 30.4. The first-order valence-electron chi connectivity index (χ1n) is 12.9. The van der Waals surface area contributed by atoms with Crippen molar-refractivity contribution in [2.45, 2.75) is 30.7 Å². The zero-order valence-corrected chi connectivity index (χ0v) is 22.9. The van der Waals surface area contributed by atoms with Gasteiger partial charge in [0.15, 0.2) is 0 Å². The maximum atomic E-state index is 13.3. The van der Waals surface area contributed by atoms with Gasteiger partial charge in [-0.25, -0.2) is 12.7 Å². The number of aliphatic hydroxyl groups excluding tert-OH is 1. The zero-order chi connectivity index (χ0) is 27.4. The first kappa shape index (κ1) is 28.0. The van der Waals surface area contributed by atoms with E-state index >= 15 is 0 Å². The van der Waals surface area contributed by atoms with Crippen molar-refractivity contribution in [3.05, 3.63) is 70.8 Å². The number of sulfonamides is 1. The van der Waals surface area contributed by atoms with E-state index in [-0.39, 0.29) is 21.8 Å². The van der Waals surface area contributed by atoms with Gasteiger partial charge >= 0.3 is 0 Å². The average Bonchev–Trinajstić information content (AvgIpc) is 3.18. The van der Waals surface area contributed by atoms with E-state index in [1.807, 2.05) is 31.2 Å². The van der Waals surface area contributed by atoms with Crippen LogP contribution in [0.4, 0.5) is 0 Å². The molecule has 0 spiro atoms. The lowest BCUT2D eigenvalue weighted by Crippen LogP contribution is -2.38. The van der Waals surface area contributed by atoms with Crippen molar-refractivity contribution in [1.82, 2.24) is 14.1 Å². The molecular formula is C28H35N3O6S. The monoisotopic (exact) mass is 541 g/mol. The number of hydrogen-bond acceptors (Lipinski definition) is 7. The number of rotatable bonds is 9. The second-order valence-electron chi connectivity index (χ2n) is 9.71. The van der Waals surface area contributed by atoms with Crippen LogP contribution in [0.1, 0.15) is 36.1 Å². The smallest absolute Gasteiger partial charge is 0.295 e. The molecule has 38 heavy (non-hydrogen) atoms. The van der Waals surface area contributed by atoms with Crippen molar-refractivity contribution >= 4 is 27.5 Å². The number of aliphatic hydroxyl groups is 1. The van der Waals surface area contributed by atoms with E-state index in [4.69, 9.17) is 4.74 Å². The van der Waals surface area contributed by atoms with Gasteiger partial charge in [-0.3, -0.25) is 14.5 Å². The summed E-state index contributed by atoms with van der Waals surface area (Å²) in [6.45, 7) is 6.22. The molecule has 2 heterocycles. The Morgan fingerprint density at radius 2 is 1.63 bits per heavy atom. The summed E-state index contributed by atoms with van der Waals surface area (Å²) in [6, 6.07) is 12.6. The van der Waals surface area contributed by atoms with Gasteiger partial charge in [-0.1, -0.05) is 31.2 Å². The predicted molar refractivity (Wildman–Crippen MR) is 144 cm³/mol. The normalized spacial score (nSPS) is 20.4. The van der Waals surface area contributed by atoms with E-state index in [0.717, 1.165) is 41.5 Å². The molecule has 1 unspecified atom stereocenters. The van der Waals surface area contributed by atoms with Crippen molar-refractivity contribution in [1.29, 1.82) is 0 Å². The van der Waals surface area contributed by atoms with E-state index < -0.39 is 27.8 Å². The summed E-state index contributed by atoms with van der Waals surface area (Å²) in [7, 11) is -0.776. The highest BCUT2D eigenvalue weighted by Gasteiger charge is 2.45. The Labute approximate surface area is 224 Å². The van der Waals surface area contributed by atoms with E-state index in [1.54, 1.807) is 4.90 Å². The number of aryl methyl sites for hydroxylation is 1. The molecule has 2 aromatic rings. The third kappa shape index (κ3) is 5.68. The number of amides is 1. The number of likely N-dealkylation sites (tertiary alicyclic amines) is 1. The van der Waals surface area contributed by atoms with Crippen LogP contribution < -0.4 is 0 Å². The van der Waals surface area contributed by atoms with Gasteiger partial charge in [0, 0.05) is 45.8 Å². The summed E-state index contributed by atoms with van der Waals surface area (Å²) >= 11 is 0. The topological polar surface area (TPSA) is 107 Å². The summed E-state index contributed by atoms with van der Waals surface area (Å²) in [5, 5.41) is 11.3. The van der Waals surface area contributed by atoms with Crippen molar-refractivity contribution in [3.63, 3.8) is 0 Å². The molecule has 2 saturated heterocycles. The van der Waals surface area contributed by atoms with E-state index in [1.165, 1.54) is 38.4 Å². The maximum absolute atomic E-state index is 13.3. The number of benzene rings is 2. The molecule has 0 bridgehead atoms. The van der Waals surface area contributed by atoms with Crippen LogP contribution in [0.5, 0.6) is 0 Å². The Kier molecular flexibility index (Phi) is 8.67. The number of carbonyl (C=O) groups is 2. The number of Topliss-reactive ketones (excluding diaryl/α,β-unsaturated/α-hetero) is 1. The lowest BCUT2D eigenvalue weighted by Gasteiger charge is -2.29. The van der Waals surface area contributed by atoms with Crippen molar-refractivity contribution in [2.24, 2.45) is 0 Å². The minimum Gasteiger partial charge on any atom is -0.507 e. The van der Waals surface area contributed by atoms with E-state index in [9.17, 15) is 23.1 Å². The second kappa shape index (κ2) is 11.8. The van der Waals surface area contributed by atoms with Crippen LogP contribution >= 0.6 is 0 Å². The number of ether oxygens (including phenoxy) is 1. The molecule has 2 aliphatic rings. The summed E-state index contributed by atoms with van der Waals surface area (Å²) in [5.41, 5.74) is 2.13. The van der Waals surface area contributed by atoms with Crippen LogP contribution in [0.2, 0.25) is 0 Å². The minimum absolute atomic E-state index is 0.00818. The fourth-order valence-electron chi connectivity index (χ4n) is 4.83. The Hall–Kier alpha value is -3.05. The summed E-state index contributed by atoms with van der Waals surface area (Å²) in [6.07, 6.45) is 1.52. The van der Waals surface area contributed by atoms with Crippen molar-refractivity contribution in [3.8, 4) is 0 Å². The summed E-state index contributed by atoms with van der Waals surface area (Å²) < 4.78 is 31.4.